The van der Waals surface area contributed by atoms with Crippen LogP contribution in [-0.2, 0) is 0 Å². The first-order valence-electron chi connectivity index (χ1n) is 12.4. The molecule has 37 heavy (non-hydrogen) atoms. The van der Waals surface area contributed by atoms with Crippen LogP contribution in [0.5, 0.6) is 5.75 Å². The number of anilines is 4. The summed E-state index contributed by atoms with van der Waals surface area (Å²) in [5, 5.41) is 14.2. The van der Waals surface area contributed by atoms with E-state index in [0.29, 0.717) is 40.4 Å². The number of nitrogens with one attached hydrogen (secondary N) is 1. The van der Waals surface area contributed by atoms with Crippen LogP contribution in [-0.4, -0.2) is 60.8 Å². The predicted molar refractivity (Wildman–Crippen MR) is 148 cm³/mol. The number of ether oxygens (including phenoxy) is 1. The Morgan fingerprint density at radius 2 is 1.97 bits per heavy atom. The first-order valence-corrected chi connectivity index (χ1v) is 12.4. The predicted octanol–water partition coefficient (Wildman–Crippen LogP) is 4.64. The van der Waals surface area contributed by atoms with E-state index in [-0.39, 0.29) is 0 Å². The molecule has 190 valence electrons. The molecule has 1 aliphatic rings. The average Bonchev–Trinajstić information content (AvgIpc) is 3.67. The van der Waals surface area contributed by atoms with Crippen LogP contribution in [0.1, 0.15) is 24.4 Å². The number of hydrogen-bond donors (Lipinski definition) is 2. The second-order valence-corrected chi connectivity index (χ2v) is 9.73. The Morgan fingerprint density at radius 3 is 2.68 bits per heavy atom. The van der Waals surface area contributed by atoms with Gasteiger partial charge in [-0.25, -0.2) is 9.97 Å². The molecule has 0 bridgehead atoms. The highest BCUT2D eigenvalue weighted by Crippen LogP contribution is 2.42. The van der Waals surface area contributed by atoms with E-state index in [2.05, 4.69) is 49.1 Å². The minimum atomic E-state index is 0.365. The molecule has 3 N–H and O–H groups in total. The normalized spacial score (nSPS) is 13.1. The van der Waals surface area contributed by atoms with E-state index in [9.17, 15) is 5.26 Å². The highest BCUT2D eigenvalue weighted by atomic mass is 16.5. The monoisotopic (exact) mass is 496 g/mol. The topological polar surface area (TPSA) is 108 Å². The molecule has 1 fully saturated rings. The number of nitriles is 1. The maximum atomic E-state index is 9.84. The van der Waals surface area contributed by atoms with Crippen molar-refractivity contribution in [3.05, 3.63) is 54.4 Å². The zero-order valence-corrected chi connectivity index (χ0v) is 21.7. The largest absolute Gasteiger partial charge is 0.494 e. The highest BCUT2D eigenvalue weighted by Gasteiger charge is 2.27. The van der Waals surface area contributed by atoms with Gasteiger partial charge in [0.1, 0.15) is 11.8 Å². The van der Waals surface area contributed by atoms with Crippen molar-refractivity contribution >= 4 is 33.9 Å². The van der Waals surface area contributed by atoms with Crippen LogP contribution in [0.25, 0.3) is 22.2 Å². The van der Waals surface area contributed by atoms with E-state index in [1.165, 1.54) is 12.8 Å². The lowest BCUT2D eigenvalue weighted by Gasteiger charge is -2.24. The number of nitrogens with zero attached hydrogens (tertiary/aromatic N) is 6. The van der Waals surface area contributed by atoms with Crippen molar-refractivity contribution in [2.24, 2.45) is 0 Å². The second kappa shape index (κ2) is 9.99. The quantitative estimate of drug-likeness (QED) is 0.323. The number of nitrogen functional groups attached to an aromatic ring is 1. The summed E-state index contributed by atoms with van der Waals surface area (Å²) in [6, 6.07) is 14.8. The van der Waals surface area contributed by atoms with E-state index in [0.717, 1.165) is 35.2 Å². The fourth-order valence-electron chi connectivity index (χ4n) is 4.55. The van der Waals surface area contributed by atoms with Crippen LogP contribution in [0.3, 0.4) is 0 Å². The van der Waals surface area contributed by atoms with E-state index < -0.39 is 0 Å². The van der Waals surface area contributed by atoms with E-state index in [1.54, 1.807) is 13.3 Å². The van der Waals surface area contributed by atoms with E-state index in [1.807, 2.05) is 45.4 Å². The molecule has 0 saturated heterocycles. The maximum absolute atomic E-state index is 9.84. The smallest absolute Gasteiger partial charge is 0.227 e. The summed E-state index contributed by atoms with van der Waals surface area (Å²) in [4.78, 5) is 13.4. The number of nitrogens with two attached hydrogens (primary N) is 1. The van der Waals surface area contributed by atoms with Crippen LogP contribution < -0.4 is 20.7 Å². The number of likely N-dealkylation sites (N-methyl/N-ethyl adjacent to an activating group) is 2. The van der Waals surface area contributed by atoms with Gasteiger partial charge in [0.2, 0.25) is 5.95 Å². The Morgan fingerprint density at radius 1 is 1.19 bits per heavy atom. The van der Waals surface area contributed by atoms with Crippen molar-refractivity contribution in [1.29, 1.82) is 5.26 Å². The van der Waals surface area contributed by atoms with Gasteiger partial charge in [-0.1, -0.05) is 18.2 Å². The van der Waals surface area contributed by atoms with Gasteiger partial charge in [-0.2, -0.15) is 5.26 Å². The molecular formula is C28H32N8O. The molecule has 9 nitrogen and oxygen atoms in total. The summed E-state index contributed by atoms with van der Waals surface area (Å²) in [5.74, 6) is 0.990. The molecule has 2 aromatic carbocycles. The molecule has 2 heterocycles. The summed E-state index contributed by atoms with van der Waals surface area (Å²) in [5.41, 5.74) is 11.7. The molecule has 2 aromatic heterocycles. The second-order valence-electron chi connectivity index (χ2n) is 9.73. The summed E-state index contributed by atoms with van der Waals surface area (Å²) < 4.78 is 7.98. The third kappa shape index (κ3) is 4.88. The Hall–Kier alpha value is -4.29. The lowest BCUT2D eigenvalue weighted by Crippen LogP contribution is -2.29. The Bertz CT molecular complexity index is 1480. The summed E-state index contributed by atoms with van der Waals surface area (Å²) in [7, 11) is 7.72. The number of rotatable bonds is 9. The molecule has 4 aromatic rings. The fourth-order valence-corrected chi connectivity index (χ4v) is 4.55. The van der Waals surface area contributed by atoms with Crippen molar-refractivity contribution in [2.45, 2.75) is 18.9 Å². The summed E-state index contributed by atoms with van der Waals surface area (Å²) in [6.45, 7) is 1.72. The van der Waals surface area contributed by atoms with E-state index in [4.69, 9.17) is 15.5 Å². The average molecular weight is 497 g/mol. The van der Waals surface area contributed by atoms with Gasteiger partial charge < -0.3 is 30.2 Å². The van der Waals surface area contributed by atoms with Crippen molar-refractivity contribution < 1.29 is 4.74 Å². The number of fused-ring (bicyclic) bond motifs is 1. The van der Waals surface area contributed by atoms with Crippen LogP contribution in [0.2, 0.25) is 0 Å². The fraction of sp³-hybridized carbons (Fsp3) is 0.321. The molecule has 0 spiro atoms. The van der Waals surface area contributed by atoms with Gasteiger partial charge in [-0.05, 0) is 39.1 Å². The van der Waals surface area contributed by atoms with Crippen LogP contribution in [0, 0.1) is 11.3 Å². The zero-order valence-electron chi connectivity index (χ0n) is 21.7. The first kappa shape index (κ1) is 24.4. The lowest BCUT2D eigenvalue weighted by molar-refractivity contribution is 0.413. The number of methoxy groups -OCH3 is 1. The molecule has 0 amide bonds. The van der Waals surface area contributed by atoms with E-state index >= 15 is 0 Å². The molecule has 1 saturated carbocycles. The number of aromatic nitrogens is 3. The summed E-state index contributed by atoms with van der Waals surface area (Å²) >= 11 is 0. The lowest BCUT2D eigenvalue weighted by atomic mass is 10.1. The van der Waals surface area contributed by atoms with Crippen LogP contribution in [0.4, 0.5) is 23.0 Å². The van der Waals surface area contributed by atoms with Gasteiger partial charge in [-0.15, -0.1) is 0 Å². The van der Waals surface area contributed by atoms with Gasteiger partial charge in [0.15, 0.2) is 0 Å². The SMILES string of the molecule is COc1cc(N(C)CCN(C)C)c(N)cc1Nc1ncc(C#N)c(-c2cn(C3CC3)c3ccccc23)n1. The molecule has 0 unspecified atom stereocenters. The molecule has 1 aliphatic carbocycles. The highest BCUT2D eigenvalue weighted by molar-refractivity contribution is 5.96. The first-order chi connectivity index (χ1) is 17.9. The number of benzene rings is 2. The molecule has 0 radical (unpaired) electrons. The molecule has 5 rings (SSSR count). The minimum Gasteiger partial charge on any atom is -0.494 e. The van der Waals surface area contributed by atoms with Gasteiger partial charge >= 0.3 is 0 Å². The van der Waals surface area contributed by atoms with Gasteiger partial charge in [0, 0.05) is 54.9 Å². The maximum Gasteiger partial charge on any atom is 0.227 e. The Kier molecular flexibility index (Phi) is 6.59. The Balaban J connectivity index is 1.51. The van der Waals surface area contributed by atoms with Gasteiger partial charge in [0.25, 0.3) is 0 Å². The molecular weight excluding hydrogens is 464 g/mol. The summed E-state index contributed by atoms with van der Waals surface area (Å²) in [6.07, 6.45) is 6.02. The third-order valence-electron chi connectivity index (χ3n) is 6.73. The molecule has 0 aliphatic heterocycles. The van der Waals surface area contributed by atoms with Crippen molar-refractivity contribution in [3.63, 3.8) is 0 Å². The van der Waals surface area contributed by atoms with Crippen molar-refractivity contribution in [1.82, 2.24) is 19.4 Å². The molecule has 0 atom stereocenters. The standard InChI is InChI=1S/C28H32N8O/c1-34(2)11-12-35(3)25-14-26(37-4)23(13-22(25)30)32-28-31-16-18(15-29)27(33-28)21-17-36(19-9-10-19)24-8-6-5-7-20(21)24/h5-8,13-14,16-17,19H,9-12,30H2,1-4H3,(H,31,32,33). The number of hydrogen-bond acceptors (Lipinski definition) is 8. The van der Waals surface area contributed by atoms with Gasteiger partial charge in [-0.3, -0.25) is 0 Å². The third-order valence-corrected chi connectivity index (χ3v) is 6.73. The van der Waals surface area contributed by atoms with Crippen molar-refractivity contribution in [2.75, 3.05) is 57.3 Å². The van der Waals surface area contributed by atoms with Crippen LogP contribution in [0.15, 0.2) is 48.8 Å². The minimum absolute atomic E-state index is 0.365. The zero-order chi connectivity index (χ0) is 26.1. The van der Waals surface area contributed by atoms with Crippen LogP contribution >= 0.6 is 0 Å². The Labute approximate surface area is 217 Å². The number of para-hydroxylation sites is 1. The van der Waals surface area contributed by atoms with Crippen molar-refractivity contribution in [3.8, 4) is 23.1 Å². The van der Waals surface area contributed by atoms with Gasteiger partial charge in [0.05, 0.1) is 41.6 Å². The molecule has 9 heteroatoms.